The molecular weight excluding hydrogens is 226 g/mol. The van der Waals surface area contributed by atoms with Gasteiger partial charge in [-0.25, -0.2) is 4.79 Å². The van der Waals surface area contributed by atoms with Crippen molar-refractivity contribution in [3.8, 4) is 0 Å². The molecule has 18 heavy (non-hydrogen) atoms. The summed E-state index contributed by atoms with van der Waals surface area (Å²) in [5, 5.41) is 0. The second-order valence-corrected chi connectivity index (χ2v) is 4.73. The van der Waals surface area contributed by atoms with Crippen molar-refractivity contribution in [1.29, 1.82) is 0 Å². The number of nitrogens with two attached hydrogens (primary N) is 1. The molecule has 0 heterocycles. The zero-order valence-corrected chi connectivity index (χ0v) is 11.3. The first-order valence-corrected chi connectivity index (χ1v) is 6.63. The quantitative estimate of drug-likeness (QED) is 0.756. The van der Waals surface area contributed by atoms with Gasteiger partial charge in [-0.1, -0.05) is 32.4 Å². The van der Waals surface area contributed by atoms with Crippen molar-refractivity contribution in [3.05, 3.63) is 35.4 Å². The molecule has 1 aromatic carbocycles. The largest absolute Gasteiger partial charge is 0.462 e. The van der Waals surface area contributed by atoms with Crippen LogP contribution >= 0.6 is 0 Å². The maximum Gasteiger partial charge on any atom is 0.338 e. The van der Waals surface area contributed by atoms with Crippen molar-refractivity contribution in [2.45, 2.75) is 33.1 Å². The minimum absolute atomic E-state index is 0.239. The topological polar surface area (TPSA) is 52.3 Å². The first-order valence-electron chi connectivity index (χ1n) is 6.63. The molecule has 1 aromatic rings. The van der Waals surface area contributed by atoms with Crippen LogP contribution in [0.25, 0.3) is 0 Å². The molecule has 0 aliphatic heterocycles. The number of carbonyl (C=O) groups is 1. The highest BCUT2D eigenvalue weighted by Crippen LogP contribution is 2.10. The number of carbonyl (C=O) groups excluding carboxylic acids is 1. The van der Waals surface area contributed by atoms with Crippen molar-refractivity contribution < 1.29 is 9.53 Å². The Morgan fingerprint density at radius 1 is 1.44 bits per heavy atom. The maximum atomic E-state index is 11.9. The molecule has 0 saturated heterocycles. The van der Waals surface area contributed by atoms with Gasteiger partial charge in [0.05, 0.1) is 12.2 Å². The van der Waals surface area contributed by atoms with Crippen LogP contribution in [-0.2, 0) is 11.2 Å². The van der Waals surface area contributed by atoms with Crippen molar-refractivity contribution in [3.63, 3.8) is 0 Å². The van der Waals surface area contributed by atoms with Crippen LogP contribution in [-0.4, -0.2) is 19.1 Å². The van der Waals surface area contributed by atoms with Gasteiger partial charge in [0.15, 0.2) is 0 Å². The van der Waals surface area contributed by atoms with Crippen LogP contribution in [0.3, 0.4) is 0 Å². The Morgan fingerprint density at radius 3 is 2.89 bits per heavy atom. The highest BCUT2D eigenvalue weighted by atomic mass is 16.5. The molecule has 3 nitrogen and oxygen atoms in total. The normalized spacial score (nSPS) is 12.2. The van der Waals surface area contributed by atoms with Gasteiger partial charge in [0.1, 0.15) is 0 Å². The van der Waals surface area contributed by atoms with Gasteiger partial charge in [-0.05, 0) is 43.0 Å². The number of benzene rings is 1. The highest BCUT2D eigenvalue weighted by Gasteiger charge is 2.09. The number of esters is 1. The predicted molar refractivity (Wildman–Crippen MR) is 73.6 cm³/mol. The van der Waals surface area contributed by atoms with Crippen LogP contribution in [0.15, 0.2) is 24.3 Å². The lowest BCUT2D eigenvalue weighted by Gasteiger charge is -2.11. The van der Waals surface area contributed by atoms with Gasteiger partial charge >= 0.3 is 5.97 Å². The molecule has 0 aliphatic carbocycles. The second-order valence-electron chi connectivity index (χ2n) is 4.73. The van der Waals surface area contributed by atoms with Gasteiger partial charge in [-0.15, -0.1) is 0 Å². The van der Waals surface area contributed by atoms with E-state index < -0.39 is 0 Å². The molecular formula is C15H23NO2. The molecule has 0 aliphatic rings. The van der Waals surface area contributed by atoms with Crippen molar-refractivity contribution >= 4 is 5.97 Å². The molecule has 0 bridgehead atoms. The van der Waals surface area contributed by atoms with Gasteiger partial charge in [-0.3, -0.25) is 0 Å². The van der Waals surface area contributed by atoms with Crippen LogP contribution in [0.5, 0.6) is 0 Å². The Balaban J connectivity index is 2.53. The summed E-state index contributed by atoms with van der Waals surface area (Å²) in [5.41, 5.74) is 7.20. The summed E-state index contributed by atoms with van der Waals surface area (Å²) in [6.07, 6.45) is 2.98. The molecule has 1 rings (SSSR count). The van der Waals surface area contributed by atoms with Crippen molar-refractivity contribution in [2.75, 3.05) is 13.2 Å². The van der Waals surface area contributed by atoms with Crippen LogP contribution in [0.2, 0.25) is 0 Å². The molecule has 0 amide bonds. The predicted octanol–water partition coefficient (Wildman–Crippen LogP) is 2.78. The van der Waals surface area contributed by atoms with E-state index in [0.29, 0.717) is 24.6 Å². The van der Waals surface area contributed by atoms with E-state index >= 15 is 0 Å². The summed E-state index contributed by atoms with van der Waals surface area (Å²) in [5.74, 6) is 0.183. The van der Waals surface area contributed by atoms with Crippen molar-refractivity contribution in [2.24, 2.45) is 11.7 Å². The van der Waals surface area contributed by atoms with E-state index in [9.17, 15) is 4.79 Å². The smallest absolute Gasteiger partial charge is 0.338 e. The van der Waals surface area contributed by atoms with Crippen LogP contribution in [0.4, 0.5) is 0 Å². The lowest BCUT2D eigenvalue weighted by Crippen LogP contribution is -2.12. The van der Waals surface area contributed by atoms with Crippen LogP contribution in [0.1, 0.15) is 42.6 Å². The molecule has 0 spiro atoms. The summed E-state index contributed by atoms with van der Waals surface area (Å²) < 4.78 is 5.31. The Kier molecular flexibility index (Phi) is 6.44. The first kappa shape index (κ1) is 14.7. The minimum Gasteiger partial charge on any atom is -0.462 e. The van der Waals surface area contributed by atoms with Gasteiger partial charge in [0.2, 0.25) is 0 Å². The molecule has 0 radical (unpaired) electrons. The van der Waals surface area contributed by atoms with E-state index in [1.54, 1.807) is 6.07 Å². The molecule has 1 unspecified atom stereocenters. The Morgan fingerprint density at radius 2 is 2.22 bits per heavy atom. The standard InChI is InChI=1S/C15H23NO2/c1-3-5-12(2)11-18-15(17)14-7-4-6-13(10-14)8-9-16/h4,6-7,10,12H,3,5,8-9,11,16H2,1-2H3. The van der Waals surface area contributed by atoms with E-state index in [-0.39, 0.29) is 5.97 Å². The molecule has 100 valence electrons. The Bertz CT molecular complexity index is 377. The fraction of sp³-hybridized carbons (Fsp3) is 0.533. The number of hydrogen-bond acceptors (Lipinski definition) is 3. The number of ether oxygens (including phenoxy) is 1. The summed E-state index contributed by atoms with van der Waals surface area (Å²) in [6.45, 7) is 5.32. The Hall–Kier alpha value is -1.35. The van der Waals surface area contributed by atoms with E-state index in [1.165, 1.54) is 0 Å². The molecule has 0 fully saturated rings. The Labute approximate surface area is 109 Å². The third-order valence-corrected chi connectivity index (χ3v) is 2.88. The monoisotopic (exact) mass is 249 g/mol. The maximum absolute atomic E-state index is 11.9. The molecule has 2 N–H and O–H groups in total. The van der Waals surface area contributed by atoms with Gasteiger partial charge < -0.3 is 10.5 Å². The zero-order chi connectivity index (χ0) is 13.4. The van der Waals surface area contributed by atoms with Gasteiger partial charge in [0.25, 0.3) is 0 Å². The van der Waals surface area contributed by atoms with Gasteiger partial charge in [0, 0.05) is 0 Å². The number of hydrogen-bond donors (Lipinski definition) is 1. The SMILES string of the molecule is CCCC(C)COC(=O)c1cccc(CCN)c1. The highest BCUT2D eigenvalue weighted by molar-refractivity contribution is 5.89. The van der Waals surface area contributed by atoms with Gasteiger partial charge in [-0.2, -0.15) is 0 Å². The first-order chi connectivity index (χ1) is 8.67. The fourth-order valence-corrected chi connectivity index (χ4v) is 1.90. The minimum atomic E-state index is -0.239. The molecule has 0 saturated carbocycles. The molecule has 0 aromatic heterocycles. The summed E-state index contributed by atoms with van der Waals surface area (Å²) >= 11 is 0. The fourth-order valence-electron chi connectivity index (χ4n) is 1.90. The van der Waals surface area contributed by atoms with Crippen LogP contribution < -0.4 is 5.73 Å². The van der Waals surface area contributed by atoms with E-state index in [1.807, 2.05) is 18.2 Å². The summed E-state index contributed by atoms with van der Waals surface area (Å²) in [6, 6.07) is 7.49. The third kappa shape index (κ3) is 4.88. The van der Waals surface area contributed by atoms with Crippen LogP contribution in [0, 0.1) is 5.92 Å². The zero-order valence-electron chi connectivity index (χ0n) is 11.3. The molecule has 1 atom stereocenters. The number of rotatable bonds is 7. The van der Waals surface area contributed by atoms with E-state index in [4.69, 9.17) is 10.5 Å². The molecule has 3 heteroatoms. The lowest BCUT2D eigenvalue weighted by atomic mass is 10.1. The van der Waals surface area contributed by atoms with E-state index in [0.717, 1.165) is 24.8 Å². The average molecular weight is 249 g/mol. The second kappa shape index (κ2) is 7.88. The third-order valence-electron chi connectivity index (χ3n) is 2.88. The van der Waals surface area contributed by atoms with Crippen molar-refractivity contribution in [1.82, 2.24) is 0 Å². The average Bonchev–Trinajstić information content (AvgIpc) is 2.37. The lowest BCUT2D eigenvalue weighted by molar-refractivity contribution is 0.0443. The van der Waals surface area contributed by atoms with E-state index in [2.05, 4.69) is 13.8 Å². The summed E-state index contributed by atoms with van der Waals surface area (Å²) in [7, 11) is 0. The summed E-state index contributed by atoms with van der Waals surface area (Å²) in [4.78, 5) is 11.9.